The molecule has 24 heavy (non-hydrogen) atoms. The Morgan fingerprint density at radius 3 is 2.71 bits per heavy atom. The first-order valence-electron chi connectivity index (χ1n) is 8.48. The Labute approximate surface area is 142 Å². The van der Waals surface area contributed by atoms with Gasteiger partial charge < -0.3 is 10.1 Å². The highest BCUT2D eigenvalue weighted by Crippen LogP contribution is 2.48. The molecule has 4 rings (SSSR count). The Morgan fingerprint density at radius 1 is 1.04 bits per heavy atom. The number of anilines is 1. The molecule has 0 saturated heterocycles. The van der Waals surface area contributed by atoms with Gasteiger partial charge in [-0.1, -0.05) is 60.7 Å². The van der Waals surface area contributed by atoms with E-state index in [1.807, 2.05) is 36.4 Å². The van der Waals surface area contributed by atoms with Gasteiger partial charge in [-0.15, -0.1) is 0 Å². The van der Waals surface area contributed by atoms with E-state index < -0.39 is 5.41 Å². The van der Waals surface area contributed by atoms with Crippen LogP contribution in [0.3, 0.4) is 0 Å². The molecule has 1 heterocycles. The molecular formula is C21H21NO2. The lowest BCUT2D eigenvalue weighted by Gasteiger charge is -2.37. The number of para-hydroxylation sites is 1. The molecule has 1 aliphatic carbocycles. The quantitative estimate of drug-likeness (QED) is 0.863. The molecule has 3 heteroatoms. The number of allylic oxidation sites excluding steroid dienone is 2. The van der Waals surface area contributed by atoms with Crippen LogP contribution in [-0.4, -0.2) is 12.5 Å². The molecule has 2 aromatic carbocycles. The molecule has 0 radical (unpaired) electrons. The minimum Gasteiger partial charge on any atom is -0.376 e. The van der Waals surface area contributed by atoms with E-state index in [0.717, 1.165) is 29.7 Å². The summed E-state index contributed by atoms with van der Waals surface area (Å²) in [5, 5.41) is 3.07. The van der Waals surface area contributed by atoms with E-state index in [1.54, 1.807) is 0 Å². The van der Waals surface area contributed by atoms with Crippen molar-refractivity contribution in [2.45, 2.75) is 24.9 Å². The molecule has 122 valence electrons. The highest BCUT2D eigenvalue weighted by molar-refractivity contribution is 6.06. The summed E-state index contributed by atoms with van der Waals surface area (Å²) in [5.74, 6) is 0.274. The van der Waals surface area contributed by atoms with Gasteiger partial charge in [0.05, 0.1) is 18.6 Å². The third kappa shape index (κ3) is 2.45. The molecular weight excluding hydrogens is 298 g/mol. The van der Waals surface area contributed by atoms with E-state index in [9.17, 15) is 4.79 Å². The maximum absolute atomic E-state index is 12.9. The highest BCUT2D eigenvalue weighted by Gasteiger charge is 2.51. The lowest BCUT2D eigenvalue weighted by Crippen LogP contribution is -2.44. The summed E-state index contributed by atoms with van der Waals surface area (Å²) in [6.45, 7) is 1.17. The van der Waals surface area contributed by atoms with E-state index in [1.165, 1.54) is 0 Å². The number of ether oxygens (including phenoxy) is 1. The Hall–Kier alpha value is -2.39. The molecule has 0 aromatic heterocycles. The lowest BCUT2D eigenvalue weighted by molar-refractivity contribution is -0.124. The molecule has 0 fully saturated rings. The van der Waals surface area contributed by atoms with Crippen LogP contribution in [0.2, 0.25) is 0 Å². The van der Waals surface area contributed by atoms with Crippen molar-refractivity contribution in [2.24, 2.45) is 5.92 Å². The van der Waals surface area contributed by atoms with Crippen LogP contribution in [0.25, 0.3) is 0 Å². The summed E-state index contributed by atoms with van der Waals surface area (Å²) < 4.78 is 6.00. The molecule has 2 aliphatic rings. The molecule has 1 spiro atoms. The predicted octanol–water partition coefficient (Wildman–Crippen LogP) is 4.06. The van der Waals surface area contributed by atoms with Crippen molar-refractivity contribution in [3.05, 3.63) is 77.9 Å². The van der Waals surface area contributed by atoms with Crippen LogP contribution < -0.4 is 5.32 Å². The number of nitrogens with one attached hydrogen (secondary N) is 1. The second-order valence-electron chi connectivity index (χ2n) is 6.58. The van der Waals surface area contributed by atoms with Gasteiger partial charge in [0.1, 0.15) is 0 Å². The second kappa shape index (κ2) is 6.25. The van der Waals surface area contributed by atoms with E-state index in [0.29, 0.717) is 13.2 Å². The van der Waals surface area contributed by atoms with E-state index >= 15 is 0 Å². The fourth-order valence-corrected chi connectivity index (χ4v) is 3.95. The van der Waals surface area contributed by atoms with E-state index in [2.05, 4.69) is 35.7 Å². The highest BCUT2D eigenvalue weighted by atomic mass is 16.5. The van der Waals surface area contributed by atoms with Crippen LogP contribution in [0, 0.1) is 5.92 Å². The lowest BCUT2D eigenvalue weighted by atomic mass is 9.65. The minimum absolute atomic E-state index is 0.112. The molecule has 0 bridgehead atoms. The van der Waals surface area contributed by atoms with Crippen LogP contribution in [0.4, 0.5) is 5.69 Å². The first-order valence-corrected chi connectivity index (χ1v) is 8.48. The molecule has 0 saturated carbocycles. The predicted molar refractivity (Wildman–Crippen MR) is 94.7 cm³/mol. The molecule has 3 nitrogen and oxygen atoms in total. The Morgan fingerprint density at radius 2 is 1.83 bits per heavy atom. The minimum atomic E-state index is -0.484. The largest absolute Gasteiger partial charge is 0.376 e. The fraction of sp³-hybridized carbons (Fsp3) is 0.286. The number of hydrogen-bond donors (Lipinski definition) is 1. The maximum Gasteiger partial charge on any atom is 0.235 e. The molecule has 1 amide bonds. The maximum atomic E-state index is 12.9. The topological polar surface area (TPSA) is 38.3 Å². The van der Waals surface area contributed by atoms with Crippen LogP contribution in [0.15, 0.2) is 66.7 Å². The summed E-state index contributed by atoms with van der Waals surface area (Å²) in [5.41, 5.74) is 2.75. The number of carbonyl (C=O) groups is 1. The smallest absolute Gasteiger partial charge is 0.235 e. The number of benzene rings is 2. The number of fused-ring (bicyclic) bond motifs is 2. The van der Waals surface area contributed by atoms with Crippen molar-refractivity contribution in [1.82, 2.24) is 0 Å². The van der Waals surface area contributed by atoms with Gasteiger partial charge in [-0.05, 0) is 30.0 Å². The Bertz CT molecular complexity index is 768. The first-order chi connectivity index (χ1) is 11.8. The van der Waals surface area contributed by atoms with E-state index in [-0.39, 0.29) is 11.8 Å². The Kier molecular flexibility index (Phi) is 3.95. The third-order valence-electron chi connectivity index (χ3n) is 5.22. The third-order valence-corrected chi connectivity index (χ3v) is 5.22. The van der Waals surface area contributed by atoms with Gasteiger partial charge in [0, 0.05) is 11.6 Å². The van der Waals surface area contributed by atoms with Crippen molar-refractivity contribution in [3.63, 3.8) is 0 Å². The van der Waals surface area contributed by atoms with Gasteiger partial charge in [-0.2, -0.15) is 0 Å². The normalized spacial score (nSPS) is 24.8. The molecule has 0 unspecified atom stereocenters. The Balaban J connectivity index is 1.56. The summed E-state index contributed by atoms with van der Waals surface area (Å²) in [7, 11) is 0. The monoisotopic (exact) mass is 319 g/mol. The van der Waals surface area contributed by atoms with Gasteiger partial charge in [-0.25, -0.2) is 0 Å². The zero-order valence-corrected chi connectivity index (χ0v) is 13.6. The van der Waals surface area contributed by atoms with Gasteiger partial charge in [0.2, 0.25) is 5.91 Å². The van der Waals surface area contributed by atoms with Crippen LogP contribution in [-0.2, 0) is 21.6 Å². The van der Waals surface area contributed by atoms with E-state index in [4.69, 9.17) is 4.74 Å². The SMILES string of the molecule is O=C1Nc2ccccc2[C@]12CC=CC[C@@H]2COCc1ccccc1. The molecule has 2 atom stereocenters. The van der Waals surface area contributed by atoms with Crippen molar-refractivity contribution in [2.75, 3.05) is 11.9 Å². The summed E-state index contributed by atoms with van der Waals surface area (Å²) in [6, 6.07) is 18.2. The standard InChI is InChI=1S/C21H21NO2/c23-20-21(18-11-4-5-12-19(18)22-20)13-7-6-10-17(21)15-24-14-16-8-2-1-3-9-16/h1-9,11-12,17H,10,13-15H2,(H,22,23)/t17-,21-/m1/s1. The van der Waals surface area contributed by atoms with Gasteiger partial charge in [-0.3, -0.25) is 4.79 Å². The van der Waals surface area contributed by atoms with Gasteiger partial charge in [0.15, 0.2) is 0 Å². The second-order valence-corrected chi connectivity index (χ2v) is 6.58. The summed E-state index contributed by atoms with van der Waals surface area (Å²) >= 11 is 0. The average Bonchev–Trinajstić information content (AvgIpc) is 2.90. The number of amides is 1. The number of rotatable bonds is 4. The zero-order valence-electron chi connectivity index (χ0n) is 13.6. The van der Waals surface area contributed by atoms with Crippen LogP contribution >= 0.6 is 0 Å². The van der Waals surface area contributed by atoms with Gasteiger partial charge in [0.25, 0.3) is 0 Å². The van der Waals surface area contributed by atoms with Crippen molar-refractivity contribution in [1.29, 1.82) is 0 Å². The molecule has 1 N–H and O–H groups in total. The molecule has 2 aromatic rings. The average molecular weight is 319 g/mol. The molecule has 1 aliphatic heterocycles. The summed E-state index contributed by atoms with van der Waals surface area (Å²) in [4.78, 5) is 12.9. The number of carbonyl (C=O) groups excluding carboxylic acids is 1. The number of hydrogen-bond acceptors (Lipinski definition) is 2. The van der Waals surface area contributed by atoms with Crippen LogP contribution in [0.1, 0.15) is 24.0 Å². The van der Waals surface area contributed by atoms with Crippen LogP contribution in [0.5, 0.6) is 0 Å². The fourth-order valence-electron chi connectivity index (χ4n) is 3.95. The first kappa shape index (κ1) is 15.2. The van der Waals surface area contributed by atoms with Crippen molar-refractivity contribution < 1.29 is 9.53 Å². The van der Waals surface area contributed by atoms with Crippen molar-refractivity contribution >= 4 is 11.6 Å². The van der Waals surface area contributed by atoms with Crippen molar-refractivity contribution in [3.8, 4) is 0 Å². The van der Waals surface area contributed by atoms with Gasteiger partial charge >= 0.3 is 0 Å². The summed E-state index contributed by atoms with van der Waals surface area (Å²) in [6.07, 6.45) is 5.93. The zero-order chi connectivity index (χ0) is 16.4.